The number of carbonyl (C=O) groups is 1. The smallest absolute Gasteiger partial charge is 0.274 e. The Bertz CT molecular complexity index is 1020. The van der Waals surface area contributed by atoms with Crippen LogP contribution in [-0.2, 0) is 6.54 Å². The molecule has 0 saturated carbocycles. The molecule has 120 valence electrons. The molecular weight excluding hydrogens is 328 g/mol. The Labute approximate surface area is 141 Å². The molecule has 8 heteroatoms. The van der Waals surface area contributed by atoms with Crippen molar-refractivity contribution in [1.29, 1.82) is 0 Å². The predicted octanol–water partition coefficient (Wildman–Crippen LogP) is 2.53. The van der Waals surface area contributed by atoms with Crippen LogP contribution in [0.3, 0.4) is 0 Å². The normalized spacial score (nSPS) is 11.2. The van der Waals surface area contributed by atoms with Crippen LogP contribution in [0.5, 0.6) is 0 Å². The first-order valence-corrected chi connectivity index (χ1v) is 7.68. The maximum atomic E-state index is 12.5. The molecule has 0 aliphatic carbocycles. The van der Waals surface area contributed by atoms with Crippen LogP contribution >= 0.6 is 11.6 Å². The van der Waals surface area contributed by atoms with E-state index < -0.39 is 0 Å². The minimum atomic E-state index is -0.195. The van der Waals surface area contributed by atoms with Crippen molar-refractivity contribution < 1.29 is 4.79 Å². The van der Waals surface area contributed by atoms with Crippen LogP contribution in [0.1, 0.15) is 16.3 Å². The van der Waals surface area contributed by atoms with Crippen LogP contribution < -0.4 is 0 Å². The number of rotatable bonds is 3. The van der Waals surface area contributed by atoms with Gasteiger partial charge in [-0.2, -0.15) is 5.10 Å². The minimum absolute atomic E-state index is 0.195. The fraction of sp³-hybridized carbons (Fsp3) is 0.125. The third-order valence-electron chi connectivity index (χ3n) is 3.68. The van der Waals surface area contributed by atoms with Gasteiger partial charge in [-0.1, -0.05) is 11.6 Å². The number of hydrogen-bond donors (Lipinski definition) is 1. The SMILES string of the molecule is CN(Cc1nc2ccc(Cl)cc2[nH]1)C(=O)c1cc2ncccn2n1. The number of nitrogens with zero attached hydrogens (tertiary/aromatic N) is 5. The van der Waals surface area contributed by atoms with E-state index in [0.29, 0.717) is 28.7 Å². The topological polar surface area (TPSA) is 79.2 Å². The number of aromatic nitrogens is 5. The number of amides is 1. The molecule has 1 amide bonds. The molecule has 0 spiro atoms. The lowest BCUT2D eigenvalue weighted by Crippen LogP contribution is -2.27. The molecule has 4 rings (SSSR count). The fourth-order valence-corrected chi connectivity index (χ4v) is 2.71. The van der Waals surface area contributed by atoms with Gasteiger partial charge in [0.05, 0.1) is 17.6 Å². The Balaban J connectivity index is 1.57. The van der Waals surface area contributed by atoms with Gasteiger partial charge in [-0.05, 0) is 24.3 Å². The number of hydrogen-bond acceptors (Lipinski definition) is 4. The summed E-state index contributed by atoms with van der Waals surface area (Å²) in [5.41, 5.74) is 2.63. The van der Waals surface area contributed by atoms with E-state index >= 15 is 0 Å². The monoisotopic (exact) mass is 340 g/mol. The molecule has 0 saturated heterocycles. The molecule has 3 aromatic heterocycles. The van der Waals surface area contributed by atoms with Gasteiger partial charge < -0.3 is 9.88 Å². The molecule has 3 heterocycles. The molecule has 1 aromatic carbocycles. The largest absolute Gasteiger partial charge is 0.340 e. The number of halogens is 1. The summed E-state index contributed by atoms with van der Waals surface area (Å²) < 4.78 is 1.57. The molecule has 0 aliphatic heterocycles. The first kappa shape index (κ1) is 14.6. The quantitative estimate of drug-likeness (QED) is 0.621. The van der Waals surface area contributed by atoms with Crippen molar-refractivity contribution in [1.82, 2.24) is 29.5 Å². The van der Waals surface area contributed by atoms with Crippen molar-refractivity contribution >= 4 is 34.2 Å². The summed E-state index contributed by atoms with van der Waals surface area (Å²) in [7, 11) is 1.71. The number of benzene rings is 1. The number of carbonyl (C=O) groups excluding carboxylic acids is 1. The van der Waals surface area contributed by atoms with Gasteiger partial charge in [0.15, 0.2) is 11.3 Å². The third kappa shape index (κ3) is 2.59. The summed E-state index contributed by atoms with van der Waals surface area (Å²) in [5, 5.41) is 4.88. The van der Waals surface area contributed by atoms with Crippen LogP contribution in [0.2, 0.25) is 5.02 Å². The molecule has 0 fully saturated rings. The van der Waals surface area contributed by atoms with Crippen LogP contribution in [0.15, 0.2) is 42.7 Å². The van der Waals surface area contributed by atoms with Gasteiger partial charge in [0, 0.05) is 30.5 Å². The molecule has 7 nitrogen and oxygen atoms in total. The minimum Gasteiger partial charge on any atom is -0.340 e. The average molecular weight is 341 g/mol. The second-order valence-electron chi connectivity index (χ2n) is 5.46. The number of fused-ring (bicyclic) bond motifs is 2. The van der Waals surface area contributed by atoms with Crippen molar-refractivity contribution in [2.45, 2.75) is 6.54 Å². The first-order valence-electron chi connectivity index (χ1n) is 7.30. The molecule has 24 heavy (non-hydrogen) atoms. The molecule has 0 aliphatic rings. The van der Waals surface area contributed by atoms with E-state index in [4.69, 9.17) is 11.6 Å². The van der Waals surface area contributed by atoms with Crippen molar-refractivity contribution in [2.24, 2.45) is 0 Å². The Morgan fingerprint density at radius 2 is 2.25 bits per heavy atom. The third-order valence-corrected chi connectivity index (χ3v) is 3.92. The zero-order valence-electron chi connectivity index (χ0n) is 12.8. The van der Waals surface area contributed by atoms with Crippen LogP contribution in [0.25, 0.3) is 16.7 Å². The summed E-state index contributed by atoms with van der Waals surface area (Å²) in [6, 6.07) is 8.86. The van der Waals surface area contributed by atoms with Gasteiger partial charge in [-0.15, -0.1) is 0 Å². The average Bonchev–Trinajstić information content (AvgIpc) is 3.16. The number of imidazole rings is 1. The number of H-pyrrole nitrogens is 1. The van der Waals surface area contributed by atoms with Gasteiger partial charge >= 0.3 is 0 Å². The molecule has 0 unspecified atom stereocenters. The molecule has 0 radical (unpaired) electrons. The molecule has 4 aromatic rings. The van der Waals surface area contributed by atoms with Crippen molar-refractivity contribution in [2.75, 3.05) is 7.05 Å². The summed E-state index contributed by atoms with van der Waals surface area (Å²) in [5.74, 6) is 0.490. The van der Waals surface area contributed by atoms with Gasteiger partial charge in [0.2, 0.25) is 0 Å². The van der Waals surface area contributed by atoms with Gasteiger partial charge in [-0.3, -0.25) is 4.79 Å². The van der Waals surface area contributed by atoms with Gasteiger partial charge in [0.25, 0.3) is 5.91 Å². The second-order valence-corrected chi connectivity index (χ2v) is 5.89. The number of aromatic amines is 1. The Kier molecular flexibility index (Phi) is 3.42. The van der Waals surface area contributed by atoms with E-state index in [9.17, 15) is 4.79 Å². The predicted molar refractivity (Wildman–Crippen MR) is 89.9 cm³/mol. The molecule has 1 N–H and O–H groups in total. The van der Waals surface area contributed by atoms with E-state index in [0.717, 1.165) is 11.0 Å². The molecular formula is C16H13ClN6O. The second kappa shape index (κ2) is 5.61. The van der Waals surface area contributed by atoms with Crippen LogP contribution in [0.4, 0.5) is 0 Å². The van der Waals surface area contributed by atoms with Crippen molar-refractivity contribution in [3.63, 3.8) is 0 Å². The fourth-order valence-electron chi connectivity index (χ4n) is 2.54. The van der Waals surface area contributed by atoms with E-state index in [1.54, 1.807) is 47.1 Å². The Morgan fingerprint density at radius 3 is 3.08 bits per heavy atom. The van der Waals surface area contributed by atoms with Crippen LogP contribution in [0, 0.1) is 0 Å². The van der Waals surface area contributed by atoms with E-state index in [2.05, 4.69) is 20.1 Å². The highest BCUT2D eigenvalue weighted by Crippen LogP contribution is 2.18. The molecule has 0 bridgehead atoms. The highest BCUT2D eigenvalue weighted by Gasteiger charge is 2.17. The highest BCUT2D eigenvalue weighted by molar-refractivity contribution is 6.31. The van der Waals surface area contributed by atoms with Gasteiger partial charge in [0.1, 0.15) is 5.82 Å². The lowest BCUT2D eigenvalue weighted by Gasteiger charge is -2.13. The number of nitrogens with one attached hydrogen (secondary N) is 1. The summed E-state index contributed by atoms with van der Waals surface area (Å²) in [4.78, 5) is 25.9. The lowest BCUT2D eigenvalue weighted by atomic mass is 10.3. The standard InChI is InChI=1S/C16H13ClN6O/c1-22(9-14-19-11-4-3-10(17)7-12(11)20-14)16(24)13-8-15-18-5-2-6-23(15)21-13/h2-8H,9H2,1H3,(H,19,20). The van der Waals surface area contributed by atoms with Crippen LogP contribution in [-0.4, -0.2) is 42.4 Å². The summed E-state index contributed by atoms with van der Waals surface area (Å²) in [6.07, 6.45) is 3.41. The highest BCUT2D eigenvalue weighted by atomic mass is 35.5. The Hall–Kier alpha value is -2.93. The maximum Gasteiger partial charge on any atom is 0.274 e. The zero-order valence-corrected chi connectivity index (χ0v) is 13.5. The zero-order chi connectivity index (χ0) is 16.7. The maximum absolute atomic E-state index is 12.5. The first-order chi connectivity index (χ1) is 11.6. The van der Waals surface area contributed by atoms with Crippen molar-refractivity contribution in [3.05, 3.63) is 59.3 Å². The summed E-state index contributed by atoms with van der Waals surface area (Å²) >= 11 is 5.97. The molecule has 0 atom stereocenters. The summed E-state index contributed by atoms with van der Waals surface area (Å²) in [6.45, 7) is 0.340. The van der Waals surface area contributed by atoms with Gasteiger partial charge in [-0.25, -0.2) is 14.5 Å². The van der Waals surface area contributed by atoms with E-state index in [1.165, 1.54) is 0 Å². The Morgan fingerprint density at radius 1 is 1.38 bits per heavy atom. The van der Waals surface area contributed by atoms with Crippen molar-refractivity contribution in [3.8, 4) is 0 Å². The van der Waals surface area contributed by atoms with E-state index in [1.807, 2.05) is 12.1 Å². The lowest BCUT2D eigenvalue weighted by molar-refractivity contribution is 0.0776. The van der Waals surface area contributed by atoms with E-state index in [-0.39, 0.29) is 5.91 Å².